The third-order valence-corrected chi connectivity index (χ3v) is 5.85. The minimum Gasteiger partial charge on any atom is -0.339 e. The molecule has 0 aromatic carbocycles. The van der Waals surface area contributed by atoms with Gasteiger partial charge in [0.15, 0.2) is 11.0 Å². The summed E-state index contributed by atoms with van der Waals surface area (Å²) >= 11 is 1.44. The van der Waals surface area contributed by atoms with E-state index in [0.717, 1.165) is 29.4 Å². The van der Waals surface area contributed by atoms with Crippen molar-refractivity contribution in [1.82, 2.24) is 29.5 Å². The van der Waals surface area contributed by atoms with Crippen molar-refractivity contribution in [2.75, 3.05) is 31.9 Å². The van der Waals surface area contributed by atoms with Gasteiger partial charge in [-0.25, -0.2) is 0 Å². The number of piperazine rings is 1. The minimum atomic E-state index is 0.0673. The average Bonchev–Trinajstić information content (AvgIpc) is 3.45. The lowest BCUT2D eigenvalue weighted by Gasteiger charge is -2.34. The molecule has 1 saturated heterocycles. The van der Waals surface area contributed by atoms with Gasteiger partial charge in [0.25, 0.3) is 0 Å². The summed E-state index contributed by atoms with van der Waals surface area (Å²) in [5.41, 5.74) is 0.989. The third-order valence-electron chi connectivity index (χ3n) is 4.92. The van der Waals surface area contributed by atoms with Crippen molar-refractivity contribution >= 4 is 23.6 Å². The molecule has 0 spiro atoms. The molecule has 1 aliphatic carbocycles. The lowest BCUT2D eigenvalue weighted by molar-refractivity contribution is -0.136. The van der Waals surface area contributed by atoms with E-state index in [1.54, 1.807) is 24.2 Å². The number of pyridine rings is 1. The highest BCUT2D eigenvalue weighted by atomic mass is 32.2. The van der Waals surface area contributed by atoms with Crippen molar-refractivity contribution < 1.29 is 9.59 Å². The molecule has 0 unspecified atom stereocenters. The first-order valence-corrected chi connectivity index (χ1v) is 10.1. The van der Waals surface area contributed by atoms with Crippen LogP contribution in [0.1, 0.15) is 25.8 Å². The molecule has 9 heteroatoms. The van der Waals surface area contributed by atoms with Crippen LogP contribution in [0.3, 0.4) is 0 Å². The van der Waals surface area contributed by atoms with Crippen LogP contribution in [0.25, 0.3) is 11.4 Å². The van der Waals surface area contributed by atoms with E-state index in [2.05, 4.69) is 19.7 Å². The fourth-order valence-electron chi connectivity index (χ4n) is 3.22. The molecule has 8 nitrogen and oxygen atoms in total. The van der Waals surface area contributed by atoms with Gasteiger partial charge in [0, 0.05) is 57.1 Å². The van der Waals surface area contributed by atoms with E-state index in [9.17, 15) is 9.59 Å². The summed E-state index contributed by atoms with van der Waals surface area (Å²) in [6, 6.07) is 4.27. The van der Waals surface area contributed by atoms with Gasteiger partial charge in [-0.2, -0.15) is 0 Å². The van der Waals surface area contributed by atoms with Crippen LogP contribution in [0.5, 0.6) is 0 Å². The second kappa shape index (κ2) is 7.67. The van der Waals surface area contributed by atoms with Gasteiger partial charge >= 0.3 is 0 Å². The molecule has 4 rings (SSSR count). The Labute approximate surface area is 162 Å². The van der Waals surface area contributed by atoms with Gasteiger partial charge in [-0.1, -0.05) is 11.8 Å². The summed E-state index contributed by atoms with van der Waals surface area (Å²) in [4.78, 5) is 31.6. The van der Waals surface area contributed by atoms with Gasteiger partial charge in [-0.3, -0.25) is 19.1 Å². The van der Waals surface area contributed by atoms with Crippen LogP contribution in [0.2, 0.25) is 0 Å². The molecule has 2 fully saturated rings. The molecule has 2 aliphatic rings. The highest BCUT2D eigenvalue weighted by molar-refractivity contribution is 7.99. The van der Waals surface area contributed by atoms with Crippen molar-refractivity contribution in [3.63, 3.8) is 0 Å². The summed E-state index contributed by atoms with van der Waals surface area (Å²) in [7, 11) is 0. The minimum absolute atomic E-state index is 0.0673. The van der Waals surface area contributed by atoms with Crippen LogP contribution in [0.4, 0.5) is 0 Å². The van der Waals surface area contributed by atoms with E-state index in [4.69, 9.17) is 0 Å². The Bertz CT molecular complexity index is 828. The molecule has 1 aliphatic heterocycles. The summed E-state index contributed by atoms with van der Waals surface area (Å²) in [5, 5.41) is 9.49. The zero-order valence-corrected chi connectivity index (χ0v) is 16.1. The number of carbonyl (C=O) groups is 2. The van der Waals surface area contributed by atoms with Crippen molar-refractivity contribution in [3.05, 3.63) is 24.5 Å². The molecule has 2 amide bonds. The first kappa shape index (κ1) is 18.0. The van der Waals surface area contributed by atoms with Gasteiger partial charge in [-0.05, 0) is 25.0 Å². The summed E-state index contributed by atoms with van der Waals surface area (Å²) in [5.74, 6) is 1.32. The maximum absolute atomic E-state index is 12.6. The number of hydrogen-bond acceptors (Lipinski definition) is 6. The SMILES string of the molecule is CC(=O)N1CCN(C(=O)CSc2nnc(-c3ccncc3)n2C2CC2)CC1. The first-order valence-electron chi connectivity index (χ1n) is 9.15. The number of hydrogen-bond donors (Lipinski definition) is 0. The number of rotatable bonds is 5. The molecular formula is C18H22N6O2S. The van der Waals surface area contributed by atoms with Crippen molar-refractivity contribution in [2.45, 2.75) is 31.0 Å². The topological polar surface area (TPSA) is 84.2 Å². The highest BCUT2D eigenvalue weighted by Gasteiger charge is 2.31. The lowest BCUT2D eigenvalue weighted by atomic mass is 10.2. The Morgan fingerprint density at radius 1 is 1.07 bits per heavy atom. The van der Waals surface area contributed by atoms with Crippen molar-refractivity contribution in [3.8, 4) is 11.4 Å². The zero-order valence-electron chi connectivity index (χ0n) is 15.2. The largest absolute Gasteiger partial charge is 0.339 e. The standard InChI is InChI=1S/C18H22N6O2S/c1-13(25)22-8-10-23(11-9-22)16(26)12-27-18-21-20-17(24(18)15-2-3-15)14-4-6-19-7-5-14/h4-7,15H,2-3,8-12H2,1H3. The second-order valence-electron chi connectivity index (χ2n) is 6.82. The molecule has 27 heavy (non-hydrogen) atoms. The second-order valence-corrected chi connectivity index (χ2v) is 7.76. The van der Waals surface area contributed by atoms with E-state index in [1.807, 2.05) is 17.0 Å². The first-order chi connectivity index (χ1) is 13.1. The van der Waals surface area contributed by atoms with E-state index < -0.39 is 0 Å². The number of carbonyl (C=O) groups excluding carboxylic acids is 2. The molecule has 142 valence electrons. The molecule has 2 aromatic rings. The highest BCUT2D eigenvalue weighted by Crippen LogP contribution is 2.40. The Morgan fingerprint density at radius 3 is 2.37 bits per heavy atom. The molecule has 1 saturated carbocycles. The fraction of sp³-hybridized carbons (Fsp3) is 0.500. The molecule has 0 atom stereocenters. The van der Waals surface area contributed by atoms with E-state index in [-0.39, 0.29) is 11.8 Å². The maximum atomic E-state index is 12.6. The molecule has 0 N–H and O–H groups in total. The van der Waals surface area contributed by atoms with Gasteiger partial charge in [0.05, 0.1) is 5.75 Å². The normalized spacial score (nSPS) is 17.2. The predicted octanol–water partition coefficient (Wildman–Crippen LogP) is 1.46. The van der Waals surface area contributed by atoms with Gasteiger partial charge in [-0.15, -0.1) is 10.2 Å². The number of amides is 2. The molecular weight excluding hydrogens is 364 g/mol. The van der Waals surface area contributed by atoms with E-state index in [0.29, 0.717) is 38.0 Å². The lowest BCUT2D eigenvalue weighted by Crippen LogP contribution is -2.50. The Morgan fingerprint density at radius 2 is 1.74 bits per heavy atom. The van der Waals surface area contributed by atoms with Crippen LogP contribution < -0.4 is 0 Å². The maximum Gasteiger partial charge on any atom is 0.233 e. The van der Waals surface area contributed by atoms with Crippen molar-refractivity contribution in [1.29, 1.82) is 0 Å². The van der Waals surface area contributed by atoms with E-state index >= 15 is 0 Å². The van der Waals surface area contributed by atoms with Crippen LogP contribution in [0.15, 0.2) is 29.7 Å². The van der Waals surface area contributed by atoms with Crippen LogP contribution >= 0.6 is 11.8 Å². The molecule has 2 aromatic heterocycles. The molecule has 0 bridgehead atoms. The summed E-state index contributed by atoms with van der Waals surface area (Å²) in [6.45, 7) is 3.97. The molecule has 0 radical (unpaired) electrons. The fourth-order valence-corrected chi connectivity index (χ4v) is 4.13. The van der Waals surface area contributed by atoms with Crippen molar-refractivity contribution in [2.24, 2.45) is 0 Å². The number of thioether (sulfide) groups is 1. The summed E-state index contributed by atoms with van der Waals surface area (Å²) < 4.78 is 2.15. The monoisotopic (exact) mass is 386 g/mol. The third kappa shape index (κ3) is 3.97. The summed E-state index contributed by atoms with van der Waals surface area (Å²) in [6.07, 6.45) is 5.73. The van der Waals surface area contributed by atoms with Crippen LogP contribution in [-0.2, 0) is 9.59 Å². The average molecular weight is 386 g/mol. The van der Waals surface area contributed by atoms with Crippen LogP contribution in [-0.4, -0.2) is 73.3 Å². The van der Waals surface area contributed by atoms with Gasteiger partial charge in [0.1, 0.15) is 0 Å². The number of nitrogens with zero attached hydrogens (tertiary/aromatic N) is 6. The molecule has 3 heterocycles. The van der Waals surface area contributed by atoms with Gasteiger partial charge in [0.2, 0.25) is 11.8 Å². The number of aromatic nitrogens is 4. The predicted molar refractivity (Wildman–Crippen MR) is 101 cm³/mol. The zero-order chi connectivity index (χ0) is 18.8. The van der Waals surface area contributed by atoms with Gasteiger partial charge < -0.3 is 9.80 Å². The Balaban J connectivity index is 1.41. The van der Waals surface area contributed by atoms with E-state index in [1.165, 1.54) is 11.8 Å². The quantitative estimate of drug-likeness (QED) is 0.724. The smallest absolute Gasteiger partial charge is 0.233 e. The Kier molecular flexibility index (Phi) is 5.11. The Hall–Kier alpha value is -2.42. The van der Waals surface area contributed by atoms with Crippen LogP contribution in [0, 0.1) is 0 Å².